The normalized spacial score (nSPS) is 14.8. The Balaban J connectivity index is 0.00000200. The van der Waals surface area contributed by atoms with Crippen LogP contribution in [0.4, 0.5) is 0 Å². The third kappa shape index (κ3) is 6.22. The van der Waals surface area contributed by atoms with Crippen LogP contribution in [0.1, 0.15) is 24.3 Å². The third-order valence-electron chi connectivity index (χ3n) is 3.69. The molecule has 4 nitrogen and oxygen atoms in total. The van der Waals surface area contributed by atoms with Crippen molar-refractivity contribution < 1.29 is 4.79 Å². The van der Waals surface area contributed by atoms with Gasteiger partial charge in [0, 0.05) is 25.7 Å². The van der Waals surface area contributed by atoms with Crippen LogP contribution in [-0.2, 0) is 4.79 Å². The van der Waals surface area contributed by atoms with Crippen molar-refractivity contribution in [2.45, 2.75) is 24.8 Å². The van der Waals surface area contributed by atoms with E-state index >= 15 is 0 Å². The van der Waals surface area contributed by atoms with Crippen molar-refractivity contribution in [3.8, 4) is 0 Å². The fraction of sp³-hybridized carbons (Fsp3) is 0.533. The summed E-state index contributed by atoms with van der Waals surface area (Å²) in [5, 5.41) is 2.99. The summed E-state index contributed by atoms with van der Waals surface area (Å²) < 4.78 is 0. The lowest BCUT2D eigenvalue weighted by atomic mass is 9.98. The molecule has 0 saturated heterocycles. The number of hydrogen-bond acceptors (Lipinski definition) is 3. The molecule has 1 fully saturated rings. The Hall–Kier alpha value is -0.810. The largest absolute Gasteiger partial charge is 0.354 e. The van der Waals surface area contributed by atoms with Gasteiger partial charge in [0.1, 0.15) is 0 Å². The molecule has 2 rings (SSSR count). The first-order valence-electron chi connectivity index (χ1n) is 6.95. The van der Waals surface area contributed by atoms with Crippen LogP contribution in [0.5, 0.6) is 0 Å². The van der Waals surface area contributed by atoms with E-state index in [9.17, 15) is 4.79 Å². The highest BCUT2D eigenvalue weighted by Gasteiger charge is 2.25. The highest BCUT2D eigenvalue weighted by molar-refractivity contribution is 5.85. The zero-order valence-corrected chi connectivity index (χ0v) is 14.0. The number of carbonyl (C=O) groups excluding carboxylic acids is 1. The molecule has 21 heavy (non-hydrogen) atoms. The fourth-order valence-corrected chi connectivity index (χ4v) is 2.26. The molecule has 1 amide bonds. The van der Waals surface area contributed by atoms with E-state index < -0.39 is 0 Å². The van der Waals surface area contributed by atoms with Gasteiger partial charge in [-0.05, 0) is 25.5 Å². The summed E-state index contributed by atoms with van der Waals surface area (Å²) >= 11 is 0. The summed E-state index contributed by atoms with van der Waals surface area (Å²) in [5.41, 5.74) is 6.71. The van der Waals surface area contributed by atoms with Gasteiger partial charge in [0.25, 0.3) is 0 Å². The average molecular weight is 334 g/mol. The number of carbonyl (C=O) groups is 1. The smallest absolute Gasteiger partial charge is 0.228 e. The lowest BCUT2D eigenvalue weighted by Gasteiger charge is -2.18. The second-order valence-corrected chi connectivity index (χ2v) is 5.20. The SMILES string of the molecule is CN(CCNC(=O)C(CN)c1ccccc1)C1CC1.Cl.Cl. The number of halogens is 2. The van der Waals surface area contributed by atoms with Crippen molar-refractivity contribution in [1.82, 2.24) is 10.2 Å². The molecule has 1 atom stereocenters. The number of nitrogens with one attached hydrogen (secondary N) is 1. The van der Waals surface area contributed by atoms with Gasteiger partial charge in [-0.15, -0.1) is 24.8 Å². The predicted molar refractivity (Wildman–Crippen MR) is 91.4 cm³/mol. The van der Waals surface area contributed by atoms with Crippen molar-refractivity contribution in [1.29, 1.82) is 0 Å². The molecule has 1 saturated carbocycles. The van der Waals surface area contributed by atoms with Crippen LogP contribution >= 0.6 is 24.8 Å². The van der Waals surface area contributed by atoms with Gasteiger partial charge in [0.05, 0.1) is 5.92 Å². The van der Waals surface area contributed by atoms with Crippen molar-refractivity contribution in [2.75, 3.05) is 26.7 Å². The molecule has 0 heterocycles. The van der Waals surface area contributed by atoms with E-state index in [0.717, 1.165) is 18.2 Å². The molecule has 1 aromatic carbocycles. The van der Waals surface area contributed by atoms with E-state index in [-0.39, 0.29) is 36.6 Å². The Bertz CT molecular complexity index is 413. The Morgan fingerprint density at radius 3 is 2.48 bits per heavy atom. The summed E-state index contributed by atoms with van der Waals surface area (Å²) in [4.78, 5) is 14.4. The molecule has 0 aromatic heterocycles. The molecule has 1 aromatic rings. The molecule has 3 N–H and O–H groups in total. The van der Waals surface area contributed by atoms with Gasteiger partial charge < -0.3 is 16.0 Å². The third-order valence-corrected chi connectivity index (χ3v) is 3.69. The Labute approximate surface area is 139 Å². The van der Waals surface area contributed by atoms with Crippen LogP contribution < -0.4 is 11.1 Å². The van der Waals surface area contributed by atoms with Gasteiger partial charge in [0.2, 0.25) is 5.91 Å². The van der Waals surface area contributed by atoms with E-state index in [0.29, 0.717) is 13.1 Å². The number of benzene rings is 1. The Kier molecular flexibility index (Phi) is 9.62. The standard InChI is InChI=1S/C15H23N3O.2ClH/c1-18(13-7-8-13)10-9-17-15(19)14(11-16)12-5-3-2-4-6-12;;/h2-6,13-14H,7-11,16H2,1H3,(H,17,19);2*1H. The number of likely N-dealkylation sites (N-methyl/N-ethyl adjacent to an activating group) is 1. The molecule has 0 radical (unpaired) electrons. The van der Waals surface area contributed by atoms with Crippen molar-refractivity contribution in [3.63, 3.8) is 0 Å². The Morgan fingerprint density at radius 2 is 1.95 bits per heavy atom. The monoisotopic (exact) mass is 333 g/mol. The lowest BCUT2D eigenvalue weighted by molar-refractivity contribution is -0.122. The minimum atomic E-state index is -0.243. The number of nitrogens with zero attached hydrogens (tertiary/aromatic N) is 1. The molecule has 1 unspecified atom stereocenters. The van der Waals surface area contributed by atoms with E-state index in [2.05, 4.69) is 17.3 Å². The molecule has 1 aliphatic carbocycles. The second-order valence-electron chi connectivity index (χ2n) is 5.20. The highest BCUT2D eigenvalue weighted by Crippen LogP contribution is 2.24. The number of hydrogen-bond donors (Lipinski definition) is 2. The van der Waals surface area contributed by atoms with E-state index in [1.807, 2.05) is 30.3 Å². The molecule has 0 spiro atoms. The maximum Gasteiger partial charge on any atom is 0.228 e. The first-order valence-corrected chi connectivity index (χ1v) is 6.95. The topological polar surface area (TPSA) is 58.4 Å². The van der Waals surface area contributed by atoms with Crippen LogP contribution in [0, 0.1) is 0 Å². The summed E-state index contributed by atoms with van der Waals surface area (Å²) in [7, 11) is 2.11. The van der Waals surface area contributed by atoms with E-state index in [1.165, 1.54) is 12.8 Å². The average Bonchev–Trinajstić information content (AvgIpc) is 3.25. The number of nitrogens with two attached hydrogens (primary N) is 1. The van der Waals surface area contributed by atoms with Crippen LogP contribution in [0.15, 0.2) is 30.3 Å². The van der Waals surface area contributed by atoms with E-state index in [4.69, 9.17) is 5.73 Å². The zero-order chi connectivity index (χ0) is 13.7. The molecular formula is C15H25Cl2N3O. The first-order chi connectivity index (χ1) is 9.22. The summed E-state index contributed by atoms with van der Waals surface area (Å²) in [6.45, 7) is 1.94. The Morgan fingerprint density at radius 1 is 1.33 bits per heavy atom. The number of amides is 1. The van der Waals surface area contributed by atoms with Gasteiger partial charge in [-0.1, -0.05) is 30.3 Å². The maximum absolute atomic E-state index is 12.1. The lowest BCUT2D eigenvalue weighted by Crippen LogP contribution is -2.38. The maximum atomic E-state index is 12.1. The quantitative estimate of drug-likeness (QED) is 0.799. The van der Waals surface area contributed by atoms with Crippen molar-refractivity contribution in [2.24, 2.45) is 5.73 Å². The summed E-state index contributed by atoms with van der Waals surface area (Å²) in [6.07, 6.45) is 2.58. The van der Waals surface area contributed by atoms with Crippen LogP contribution in [-0.4, -0.2) is 43.5 Å². The summed E-state index contributed by atoms with van der Waals surface area (Å²) in [6, 6.07) is 10.5. The van der Waals surface area contributed by atoms with Gasteiger partial charge in [0.15, 0.2) is 0 Å². The molecule has 6 heteroatoms. The second kappa shape index (κ2) is 10.0. The number of rotatable bonds is 7. The first kappa shape index (κ1) is 20.2. The van der Waals surface area contributed by atoms with Gasteiger partial charge >= 0.3 is 0 Å². The summed E-state index contributed by atoms with van der Waals surface area (Å²) in [5.74, 6) is -0.217. The minimum Gasteiger partial charge on any atom is -0.354 e. The van der Waals surface area contributed by atoms with Gasteiger partial charge in [-0.3, -0.25) is 4.79 Å². The zero-order valence-electron chi connectivity index (χ0n) is 12.3. The van der Waals surface area contributed by atoms with Crippen LogP contribution in [0.25, 0.3) is 0 Å². The molecule has 0 aliphatic heterocycles. The van der Waals surface area contributed by atoms with Gasteiger partial charge in [-0.2, -0.15) is 0 Å². The minimum absolute atomic E-state index is 0. The predicted octanol–water partition coefficient (Wildman–Crippen LogP) is 1.78. The molecule has 120 valence electrons. The molecule has 0 bridgehead atoms. The van der Waals surface area contributed by atoms with Crippen LogP contribution in [0.2, 0.25) is 0 Å². The van der Waals surface area contributed by atoms with Crippen molar-refractivity contribution in [3.05, 3.63) is 35.9 Å². The fourth-order valence-electron chi connectivity index (χ4n) is 2.26. The van der Waals surface area contributed by atoms with E-state index in [1.54, 1.807) is 0 Å². The van der Waals surface area contributed by atoms with Crippen molar-refractivity contribution >= 4 is 30.7 Å². The van der Waals surface area contributed by atoms with Gasteiger partial charge in [-0.25, -0.2) is 0 Å². The highest BCUT2D eigenvalue weighted by atomic mass is 35.5. The molecular weight excluding hydrogens is 309 g/mol. The van der Waals surface area contributed by atoms with Crippen LogP contribution in [0.3, 0.4) is 0 Å². The molecule has 1 aliphatic rings.